The quantitative estimate of drug-likeness (QED) is 0.562. The molecule has 0 aliphatic carbocycles. The molecule has 3 aromatic rings. The molecule has 1 aliphatic heterocycles. The van der Waals surface area contributed by atoms with Crippen LogP contribution in [0, 0.1) is 18.3 Å². The molecule has 32 heavy (non-hydrogen) atoms. The first kappa shape index (κ1) is 21.5. The Morgan fingerprint density at radius 3 is 2.72 bits per heavy atom. The largest absolute Gasteiger partial charge is 0.586 e. The number of urea groups is 1. The average Bonchev–Trinajstić information content (AvgIpc) is 3.28. The van der Waals surface area contributed by atoms with E-state index < -0.39 is 12.3 Å². The van der Waals surface area contributed by atoms with E-state index in [4.69, 9.17) is 5.26 Å². The van der Waals surface area contributed by atoms with Gasteiger partial charge in [-0.15, -0.1) is 20.1 Å². The Balaban J connectivity index is 1.66. The SMILES string of the molecule is Cc1cn(-c2ccc3c(c2)OC(F)(F)O3)/c(=N/C(=O)N(CCC#N)Cc2ccccc2)s1. The summed E-state index contributed by atoms with van der Waals surface area (Å²) in [6, 6.07) is 15.3. The molecule has 164 valence electrons. The number of alkyl halides is 2. The van der Waals surface area contributed by atoms with Crippen LogP contribution in [0.3, 0.4) is 0 Å². The summed E-state index contributed by atoms with van der Waals surface area (Å²) in [6.45, 7) is 2.40. The van der Waals surface area contributed by atoms with E-state index in [2.05, 4.69) is 14.5 Å². The number of ether oxygens (including phenoxy) is 2. The highest BCUT2D eigenvalue weighted by Gasteiger charge is 2.43. The van der Waals surface area contributed by atoms with E-state index in [0.717, 1.165) is 10.4 Å². The van der Waals surface area contributed by atoms with Crippen LogP contribution in [-0.4, -0.2) is 28.3 Å². The number of amides is 2. The number of aryl methyl sites for hydroxylation is 1. The Bertz CT molecular complexity index is 1250. The third kappa shape index (κ3) is 4.78. The van der Waals surface area contributed by atoms with E-state index in [9.17, 15) is 13.6 Å². The molecule has 10 heteroatoms. The number of aromatic nitrogens is 1. The highest BCUT2D eigenvalue weighted by Crippen LogP contribution is 2.41. The van der Waals surface area contributed by atoms with Crippen molar-refractivity contribution >= 4 is 17.4 Å². The fraction of sp³-hybridized carbons (Fsp3) is 0.227. The molecule has 0 saturated heterocycles. The molecular weight excluding hydrogens is 438 g/mol. The number of fused-ring (bicyclic) bond motifs is 1. The molecule has 2 heterocycles. The van der Waals surface area contributed by atoms with Crippen LogP contribution in [0.5, 0.6) is 11.5 Å². The van der Waals surface area contributed by atoms with E-state index in [1.807, 2.05) is 43.3 Å². The number of nitriles is 1. The van der Waals surface area contributed by atoms with Gasteiger partial charge >= 0.3 is 12.3 Å². The van der Waals surface area contributed by atoms with Gasteiger partial charge in [-0.05, 0) is 24.6 Å². The lowest BCUT2D eigenvalue weighted by Crippen LogP contribution is -2.31. The maximum absolute atomic E-state index is 13.4. The van der Waals surface area contributed by atoms with Crippen LogP contribution in [0.2, 0.25) is 0 Å². The number of carbonyl (C=O) groups is 1. The summed E-state index contributed by atoms with van der Waals surface area (Å²) in [5.74, 6) is -0.160. The van der Waals surface area contributed by atoms with E-state index in [1.54, 1.807) is 16.8 Å². The number of nitrogens with zero attached hydrogens (tertiary/aromatic N) is 4. The Labute approximate surface area is 186 Å². The van der Waals surface area contributed by atoms with Gasteiger partial charge in [-0.2, -0.15) is 10.3 Å². The van der Waals surface area contributed by atoms with E-state index in [0.29, 0.717) is 17.0 Å². The predicted molar refractivity (Wildman–Crippen MR) is 113 cm³/mol. The van der Waals surface area contributed by atoms with Crippen LogP contribution in [0.4, 0.5) is 13.6 Å². The van der Waals surface area contributed by atoms with E-state index >= 15 is 0 Å². The minimum atomic E-state index is -3.71. The fourth-order valence-electron chi connectivity index (χ4n) is 3.19. The summed E-state index contributed by atoms with van der Waals surface area (Å²) in [5, 5.41) is 8.97. The number of hydrogen-bond donors (Lipinski definition) is 0. The molecule has 0 bridgehead atoms. The van der Waals surface area contributed by atoms with Crippen molar-refractivity contribution in [3.63, 3.8) is 0 Å². The molecule has 0 saturated carbocycles. The second-order valence-electron chi connectivity index (χ2n) is 7.00. The maximum atomic E-state index is 13.4. The van der Waals surface area contributed by atoms with Crippen LogP contribution in [-0.2, 0) is 6.54 Å². The molecule has 0 spiro atoms. The molecular formula is C22H18F2N4O3S. The second kappa shape index (κ2) is 8.80. The van der Waals surface area contributed by atoms with Gasteiger partial charge in [0.1, 0.15) is 0 Å². The lowest BCUT2D eigenvalue weighted by atomic mass is 10.2. The number of hydrogen-bond acceptors (Lipinski definition) is 5. The van der Waals surface area contributed by atoms with Gasteiger partial charge in [0.2, 0.25) is 0 Å². The number of benzene rings is 2. The van der Waals surface area contributed by atoms with Crippen LogP contribution >= 0.6 is 11.3 Å². The number of halogens is 2. The summed E-state index contributed by atoms with van der Waals surface area (Å²) < 4.78 is 37.3. The zero-order valence-electron chi connectivity index (χ0n) is 17.0. The molecule has 0 radical (unpaired) electrons. The molecule has 1 aromatic heterocycles. The van der Waals surface area contributed by atoms with Gasteiger partial charge in [0.15, 0.2) is 16.3 Å². The van der Waals surface area contributed by atoms with Gasteiger partial charge in [0.05, 0.1) is 18.2 Å². The first-order chi connectivity index (χ1) is 15.3. The van der Waals surface area contributed by atoms with Crippen molar-refractivity contribution in [2.75, 3.05) is 6.54 Å². The average molecular weight is 456 g/mol. The van der Waals surface area contributed by atoms with Gasteiger partial charge in [0, 0.05) is 30.2 Å². The van der Waals surface area contributed by atoms with E-state index in [-0.39, 0.29) is 24.5 Å². The van der Waals surface area contributed by atoms with Crippen LogP contribution in [0.25, 0.3) is 5.69 Å². The van der Waals surface area contributed by atoms with Crippen molar-refractivity contribution in [3.8, 4) is 23.3 Å². The van der Waals surface area contributed by atoms with Gasteiger partial charge in [-0.1, -0.05) is 30.3 Å². The van der Waals surface area contributed by atoms with Gasteiger partial charge in [-0.25, -0.2) is 4.79 Å². The Hall–Kier alpha value is -3.71. The number of carbonyl (C=O) groups excluding carboxylic acids is 1. The van der Waals surface area contributed by atoms with Crippen molar-refractivity contribution in [1.82, 2.24) is 9.47 Å². The zero-order valence-corrected chi connectivity index (χ0v) is 17.8. The summed E-state index contributed by atoms with van der Waals surface area (Å²) in [5.41, 5.74) is 1.41. The first-order valence-electron chi connectivity index (χ1n) is 9.68. The lowest BCUT2D eigenvalue weighted by Gasteiger charge is -2.19. The summed E-state index contributed by atoms with van der Waals surface area (Å²) >= 11 is 1.28. The van der Waals surface area contributed by atoms with Crippen molar-refractivity contribution in [2.45, 2.75) is 26.2 Å². The number of rotatable bonds is 5. The maximum Gasteiger partial charge on any atom is 0.586 e. The normalized spacial score (nSPS) is 14.2. The molecule has 0 atom stereocenters. The minimum Gasteiger partial charge on any atom is -0.395 e. The standard InChI is InChI=1S/C22H18F2N4O3S/c1-15-13-28(17-8-9-18-19(12-17)31-22(23,24)30-18)21(32-15)26-20(29)27(11-5-10-25)14-16-6-3-2-4-7-16/h2-4,6-9,12-13H,5,11,14H2,1H3/b26-21-. The smallest absolute Gasteiger partial charge is 0.395 e. The molecule has 0 unspecified atom stereocenters. The van der Waals surface area contributed by atoms with E-state index in [1.165, 1.54) is 28.4 Å². The first-order valence-corrected chi connectivity index (χ1v) is 10.5. The van der Waals surface area contributed by atoms with Crippen LogP contribution in [0.1, 0.15) is 16.9 Å². The van der Waals surface area contributed by atoms with Crippen molar-refractivity contribution in [1.29, 1.82) is 5.26 Å². The molecule has 0 fully saturated rings. The highest BCUT2D eigenvalue weighted by molar-refractivity contribution is 7.09. The second-order valence-corrected chi connectivity index (χ2v) is 8.22. The molecule has 0 N–H and O–H groups in total. The summed E-state index contributed by atoms with van der Waals surface area (Å²) in [7, 11) is 0. The molecule has 1 aliphatic rings. The third-order valence-electron chi connectivity index (χ3n) is 4.60. The Kier molecular flexibility index (Phi) is 5.92. The number of thiazole rings is 1. The van der Waals surface area contributed by atoms with Gasteiger partial charge < -0.3 is 14.4 Å². The highest BCUT2D eigenvalue weighted by atomic mass is 32.1. The minimum absolute atomic E-state index is 0.0635. The fourth-order valence-corrected chi connectivity index (χ4v) is 4.02. The van der Waals surface area contributed by atoms with Gasteiger partial charge in [-0.3, -0.25) is 4.57 Å². The third-order valence-corrected chi connectivity index (χ3v) is 5.50. The summed E-state index contributed by atoms with van der Waals surface area (Å²) in [4.78, 5) is 20.0. The molecule has 2 aromatic carbocycles. The lowest BCUT2D eigenvalue weighted by molar-refractivity contribution is -0.286. The van der Waals surface area contributed by atoms with Crippen LogP contribution in [0.15, 0.2) is 59.7 Å². The van der Waals surface area contributed by atoms with Gasteiger partial charge in [0.25, 0.3) is 0 Å². The topological polar surface area (TPSA) is 79.8 Å². The van der Waals surface area contributed by atoms with Crippen molar-refractivity contribution < 1.29 is 23.0 Å². The molecule has 4 rings (SSSR count). The van der Waals surface area contributed by atoms with Crippen molar-refractivity contribution in [3.05, 3.63) is 70.0 Å². The Morgan fingerprint density at radius 1 is 1.22 bits per heavy atom. The summed E-state index contributed by atoms with van der Waals surface area (Å²) in [6.07, 6.45) is -1.78. The van der Waals surface area contributed by atoms with Crippen molar-refractivity contribution in [2.24, 2.45) is 4.99 Å². The zero-order chi connectivity index (χ0) is 22.7. The van der Waals surface area contributed by atoms with Crippen LogP contribution < -0.4 is 14.3 Å². The molecule has 7 nitrogen and oxygen atoms in total. The Morgan fingerprint density at radius 2 is 1.97 bits per heavy atom. The predicted octanol–water partition coefficient (Wildman–Crippen LogP) is 4.61. The molecule has 2 amide bonds. The monoisotopic (exact) mass is 456 g/mol.